The van der Waals surface area contributed by atoms with Crippen LogP contribution in [-0.2, 0) is 9.53 Å². The summed E-state index contributed by atoms with van der Waals surface area (Å²) in [6.45, 7) is 2.14. The zero-order chi connectivity index (χ0) is 13.4. The molecule has 4 heteroatoms. The normalized spacial score (nSPS) is 12.2. The zero-order valence-corrected chi connectivity index (χ0v) is 12.0. The molecule has 1 atom stereocenters. The van der Waals surface area contributed by atoms with Gasteiger partial charge >= 0.3 is 5.97 Å². The van der Waals surface area contributed by atoms with Gasteiger partial charge in [0, 0.05) is 17.4 Å². The Morgan fingerprint density at radius 1 is 1.39 bits per heavy atom. The first-order valence-corrected chi connectivity index (χ1v) is 7.16. The molecular formula is C14H21NO2S. The van der Waals surface area contributed by atoms with Crippen molar-refractivity contribution in [2.24, 2.45) is 0 Å². The van der Waals surface area contributed by atoms with Crippen LogP contribution in [0.2, 0.25) is 0 Å². The van der Waals surface area contributed by atoms with Crippen LogP contribution in [0.3, 0.4) is 0 Å². The van der Waals surface area contributed by atoms with Crippen LogP contribution >= 0.6 is 11.8 Å². The lowest BCUT2D eigenvalue weighted by atomic mass is 10.0. The first kappa shape index (κ1) is 15.1. The van der Waals surface area contributed by atoms with Crippen molar-refractivity contribution in [3.8, 4) is 0 Å². The maximum Gasteiger partial charge on any atom is 0.305 e. The van der Waals surface area contributed by atoms with E-state index in [1.165, 1.54) is 17.6 Å². The predicted molar refractivity (Wildman–Crippen MR) is 75.9 cm³/mol. The second-order valence-electron chi connectivity index (χ2n) is 3.96. The molecule has 0 heterocycles. The summed E-state index contributed by atoms with van der Waals surface area (Å²) in [4.78, 5) is 12.4. The van der Waals surface area contributed by atoms with E-state index in [0.717, 1.165) is 12.2 Å². The maximum absolute atomic E-state index is 11.1. The number of thioether (sulfide) groups is 1. The number of methoxy groups -OCH3 is 1. The molecule has 3 nitrogen and oxygen atoms in total. The molecule has 0 saturated carbocycles. The van der Waals surface area contributed by atoms with Crippen molar-refractivity contribution in [3.63, 3.8) is 0 Å². The predicted octanol–water partition coefficient (Wildman–Crippen LogP) is 3.01. The van der Waals surface area contributed by atoms with Crippen LogP contribution in [0.1, 0.15) is 31.4 Å². The molecule has 0 aromatic heterocycles. The van der Waals surface area contributed by atoms with E-state index in [9.17, 15) is 4.79 Å². The highest BCUT2D eigenvalue weighted by atomic mass is 32.2. The summed E-state index contributed by atoms with van der Waals surface area (Å²) in [6, 6.07) is 8.70. The van der Waals surface area contributed by atoms with E-state index in [1.807, 2.05) is 18.8 Å². The SMILES string of the molecule is CCSc1ccc(C(CCC(=O)OC)NC)cc1. The molecule has 0 amide bonds. The van der Waals surface area contributed by atoms with Gasteiger partial charge in [-0.2, -0.15) is 0 Å². The van der Waals surface area contributed by atoms with E-state index in [0.29, 0.717) is 6.42 Å². The van der Waals surface area contributed by atoms with Crippen molar-refractivity contribution < 1.29 is 9.53 Å². The number of ether oxygens (including phenoxy) is 1. The highest BCUT2D eigenvalue weighted by Gasteiger charge is 2.11. The summed E-state index contributed by atoms with van der Waals surface area (Å²) >= 11 is 1.83. The van der Waals surface area contributed by atoms with E-state index < -0.39 is 0 Å². The van der Waals surface area contributed by atoms with Gasteiger partial charge in [0.1, 0.15) is 0 Å². The van der Waals surface area contributed by atoms with Gasteiger partial charge in [0.2, 0.25) is 0 Å². The summed E-state index contributed by atoms with van der Waals surface area (Å²) in [5.41, 5.74) is 1.21. The molecule has 18 heavy (non-hydrogen) atoms. The second kappa shape index (κ2) is 8.16. The van der Waals surface area contributed by atoms with Crippen LogP contribution in [0.4, 0.5) is 0 Å². The van der Waals surface area contributed by atoms with Gasteiger partial charge in [0.25, 0.3) is 0 Å². The van der Waals surface area contributed by atoms with Crippen LogP contribution < -0.4 is 5.32 Å². The van der Waals surface area contributed by atoms with Crippen molar-refractivity contribution in [3.05, 3.63) is 29.8 Å². The van der Waals surface area contributed by atoms with Gasteiger partial charge in [0.05, 0.1) is 7.11 Å². The fourth-order valence-corrected chi connectivity index (χ4v) is 2.47. The number of hydrogen-bond acceptors (Lipinski definition) is 4. The molecule has 0 spiro atoms. The molecule has 0 radical (unpaired) electrons. The van der Waals surface area contributed by atoms with Gasteiger partial charge in [0.15, 0.2) is 0 Å². The first-order chi connectivity index (χ1) is 8.71. The lowest BCUT2D eigenvalue weighted by molar-refractivity contribution is -0.140. The van der Waals surface area contributed by atoms with Gasteiger partial charge in [-0.05, 0) is 36.9 Å². The van der Waals surface area contributed by atoms with Gasteiger partial charge < -0.3 is 10.1 Å². The summed E-state index contributed by atoms with van der Waals surface area (Å²) in [7, 11) is 3.34. The van der Waals surface area contributed by atoms with Gasteiger partial charge in [-0.15, -0.1) is 11.8 Å². The molecule has 0 aliphatic carbocycles. The number of rotatable bonds is 7. The number of hydrogen-bond donors (Lipinski definition) is 1. The highest BCUT2D eigenvalue weighted by molar-refractivity contribution is 7.99. The smallest absolute Gasteiger partial charge is 0.305 e. The lowest BCUT2D eigenvalue weighted by Crippen LogP contribution is -2.17. The van der Waals surface area contributed by atoms with Crippen molar-refractivity contribution in [2.45, 2.75) is 30.7 Å². The van der Waals surface area contributed by atoms with Crippen LogP contribution in [0.25, 0.3) is 0 Å². The topological polar surface area (TPSA) is 38.3 Å². The third-order valence-electron chi connectivity index (χ3n) is 2.81. The number of benzene rings is 1. The highest BCUT2D eigenvalue weighted by Crippen LogP contribution is 2.23. The van der Waals surface area contributed by atoms with Gasteiger partial charge in [-0.3, -0.25) is 4.79 Å². The maximum atomic E-state index is 11.1. The number of nitrogens with one attached hydrogen (secondary N) is 1. The average Bonchev–Trinajstić information content (AvgIpc) is 2.41. The molecule has 1 N–H and O–H groups in total. The molecule has 0 saturated heterocycles. The molecule has 1 aromatic rings. The zero-order valence-electron chi connectivity index (χ0n) is 11.2. The Hall–Kier alpha value is -1.00. The van der Waals surface area contributed by atoms with E-state index in [1.54, 1.807) is 0 Å². The van der Waals surface area contributed by atoms with Crippen LogP contribution in [0.5, 0.6) is 0 Å². The molecular weight excluding hydrogens is 246 g/mol. The molecule has 0 fully saturated rings. The van der Waals surface area contributed by atoms with E-state index >= 15 is 0 Å². The van der Waals surface area contributed by atoms with Crippen molar-refractivity contribution in [2.75, 3.05) is 19.9 Å². The Bertz CT molecular complexity index is 365. The van der Waals surface area contributed by atoms with Crippen molar-refractivity contribution in [1.82, 2.24) is 5.32 Å². The van der Waals surface area contributed by atoms with Crippen molar-refractivity contribution in [1.29, 1.82) is 0 Å². The van der Waals surface area contributed by atoms with E-state index in [-0.39, 0.29) is 12.0 Å². The summed E-state index contributed by atoms with van der Waals surface area (Å²) in [5, 5.41) is 3.23. The lowest BCUT2D eigenvalue weighted by Gasteiger charge is -2.16. The quantitative estimate of drug-likeness (QED) is 0.609. The molecule has 1 unspecified atom stereocenters. The average molecular weight is 267 g/mol. The number of carbonyl (C=O) groups excluding carboxylic acids is 1. The fraction of sp³-hybridized carbons (Fsp3) is 0.500. The first-order valence-electron chi connectivity index (χ1n) is 6.18. The monoisotopic (exact) mass is 267 g/mol. The Morgan fingerprint density at radius 3 is 2.56 bits per heavy atom. The van der Waals surface area contributed by atoms with Crippen LogP contribution in [0.15, 0.2) is 29.2 Å². The van der Waals surface area contributed by atoms with Crippen LogP contribution in [-0.4, -0.2) is 25.9 Å². The van der Waals surface area contributed by atoms with Gasteiger partial charge in [-0.25, -0.2) is 0 Å². The Morgan fingerprint density at radius 2 is 2.06 bits per heavy atom. The number of carbonyl (C=O) groups is 1. The van der Waals surface area contributed by atoms with E-state index in [4.69, 9.17) is 0 Å². The Labute approximate surface area is 113 Å². The summed E-state index contributed by atoms with van der Waals surface area (Å²) < 4.78 is 4.66. The third-order valence-corrected chi connectivity index (χ3v) is 3.70. The summed E-state index contributed by atoms with van der Waals surface area (Å²) in [5.74, 6) is 0.922. The van der Waals surface area contributed by atoms with Crippen molar-refractivity contribution >= 4 is 17.7 Å². The van der Waals surface area contributed by atoms with Crippen LogP contribution in [0, 0.1) is 0 Å². The molecule has 0 aliphatic heterocycles. The minimum atomic E-state index is -0.159. The van der Waals surface area contributed by atoms with Gasteiger partial charge in [-0.1, -0.05) is 19.1 Å². The molecule has 100 valence electrons. The fourth-order valence-electron chi connectivity index (χ4n) is 1.80. The molecule has 0 bridgehead atoms. The molecule has 1 aromatic carbocycles. The Kier molecular flexibility index (Phi) is 6.83. The summed E-state index contributed by atoms with van der Waals surface area (Å²) in [6.07, 6.45) is 1.19. The van der Waals surface area contributed by atoms with E-state index in [2.05, 4.69) is 41.2 Å². The minimum absolute atomic E-state index is 0.159. The number of esters is 1. The molecule has 0 aliphatic rings. The Balaban J connectivity index is 2.61. The second-order valence-corrected chi connectivity index (χ2v) is 5.30. The largest absolute Gasteiger partial charge is 0.469 e. The third kappa shape index (κ3) is 4.70. The minimum Gasteiger partial charge on any atom is -0.469 e. The standard InChI is InChI=1S/C14H21NO2S/c1-4-18-12-7-5-11(6-8-12)13(15-2)9-10-14(16)17-3/h5-8,13,15H,4,9-10H2,1-3H3. The molecule has 1 rings (SSSR count).